The highest BCUT2D eigenvalue weighted by Gasteiger charge is 2.30. The number of hydrogen-bond donors (Lipinski definition) is 2. The van der Waals surface area contributed by atoms with E-state index in [1.165, 1.54) is 12.1 Å². The molecule has 1 aliphatic heterocycles. The van der Waals surface area contributed by atoms with Crippen LogP contribution in [0.4, 0.5) is 13.2 Å². The average Bonchev–Trinajstić information content (AvgIpc) is 2.61. The molecule has 1 aromatic rings. The van der Waals surface area contributed by atoms with E-state index in [-0.39, 0.29) is 29.7 Å². The SMILES string of the molecule is CN=C(NCCc1ccc(OC(F)(F)F)cc1)NCCN1CCOCC1.I. The van der Waals surface area contributed by atoms with Crippen LogP contribution in [0.2, 0.25) is 0 Å². The lowest BCUT2D eigenvalue weighted by Crippen LogP contribution is -2.44. The highest BCUT2D eigenvalue weighted by Crippen LogP contribution is 2.22. The molecule has 0 amide bonds. The fraction of sp³-hybridized carbons (Fsp3) is 0.588. The molecule has 10 heteroatoms. The van der Waals surface area contributed by atoms with Gasteiger partial charge in [0.1, 0.15) is 5.75 Å². The molecule has 1 aliphatic rings. The molecule has 0 aromatic heterocycles. The molecule has 2 N–H and O–H groups in total. The van der Waals surface area contributed by atoms with E-state index in [0.29, 0.717) is 18.9 Å². The zero-order chi connectivity index (χ0) is 18.8. The summed E-state index contributed by atoms with van der Waals surface area (Å²) >= 11 is 0. The quantitative estimate of drug-likeness (QED) is 0.341. The second-order valence-electron chi connectivity index (χ2n) is 5.82. The van der Waals surface area contributed by atoms with Crippen molar-refractivity contribution in [3.63, 3.8) is 0 Å². The first kappa shape index (κ1) is 23.8. The number of benzene rings is 1. The van der Waals surface area contributed by atoms with Gasteiger partial charge in [-0.25, -0.2) is 0 Å². The Kier molecular flexibility index (Phi) is 10.8. The highest BCUT2D eigenvalue weighted by atomic mass is 127. The molecule has 0 atom stereocenters. The van der Waals surface area contributed by atoms with Gasteiger partial charge in [-0.1, -0.05) is 12.1 Å². The number of nitrogens with one attached hydrogen (secondary N) is 2. The van der Waals surface area contributed by atoms with Crippen LogP contribution in [-0.2, 0) is 11.2 Å². The van der Waals surface area contributed by atoms with Gasteiger partial charge in [0.25, 0.3) is 0 Å². The van der Waals surface area contributed by atoms with Gasteiger partial charge in [-0.05, 0) is 24.1 Å². The van der Waals surface area contributed by atoms with Crippen molar-refractivity contribution in [2.75, 3.05) is 53.0 Å². The molecule has 1 saturated heterocycles. The summed E-state index contributed by atoms with van der Waals surface area (Å²) in [7, 11) is 1.70. The molecule has 1 heterocycles. The van der Waals surface area contributed by atoms with Crippen molar-refractivity contribution in [3.05, 3.63) is 29.8 Å². The van der Waals surface area contributed by atoms with Crippen LogP contribution < -0.4 is 15.4 Å². The Morgan fingerprint density at radius 2 is 1.78 bits per heavy atom. The summed E-state index contributed by atoms with van der Waals surface area (Å²) in [4.78, 5) is 6.49. The molecule has 0 spiro atoms. The molecule has 1 fully saturated rings. The second kappa shape index (κ2) is 12.2. The van der Waals surface area contributed by atoms with Crippen LogP contribution in [0.3, 0.4) is 0 Å². The van der Waals surface area contributed by atoms with Crippen LogP contribution in [0.15, 0.2) is 29.3 Å². The number of hydrogen-bond acceptors (Lipinski definition) is 4. The standard InChI is InChI=1S/C17H25F3N4O2.HI/c1-21-16(23-8-9-24-10-12-25-13-11-24)22-7-6-14-2-4-15(5-3-14)26-17(18,19)20;/h2-5H,6-13H2,1H3,(H2,21,22,23);1H. The molecule has 0 bridgehead atoms. The average molecular weight is 502 g/mol. The minimum atomic E-state index is -4.66. The lowest BCUT2D eigenvalue weighted by Gasteiger charge is -2.26. The fourth-order valence-corrected chi connectivity index (χ4v) is 2.56. The van der Waals surface area contributed by atoms with E-state index in [1.807, 2.05) is 0 Å². The van der Waals surface area contributed by atoms with Gasteiger partial charge in [-0.15, -0.1) is 37.1 Å². The molecule has 2 rings (SSSR count). The molecule has 0 unspecified atom stereocenters. The number of aliphatic imine (C=N–C) groups is 1. The zero-order valence-electron chi connectivity index (χ0n) is 15.2. The normalized spacial score (nSPS) is 15.8. The first-order valence-electron chi connectivity index (χ1n) is 8.55. The Balaban J connectivity index is 0.00000364. The minimum Gasteiger partial charge on any atom is -0.406 e. The third-order valence-electron chi connectivity index (χ3n) is 3.91. The summed E-state index contributed by atoms with van der Waals surface area (Å²) < 4.78 is 45.6. The third kappa shape index (κ3) is 10.0. The predicted molar refractivity (Wildman–Crippen MR) is 109 cm³/mol. The summed E-state index contributed by atoms with van der Waals surface area (Å²) in [6, 6.07) is 5.88. The Morgan fingerprint density at radius 1 is 1.15 bits per heavy atom. The number of rotatable bonds is 7. The second-order valence-corrected chi connectivity index (χ2v) is 5.82. The minimum absolute atomic E-state index is 0. The van der Waals surface area contributed by atoms with Crippen molar-refractivity contribution in [1.29, 1.82) is 0 Å². The lowest BCUT2D eigenvalue weighted by molar-refractivity contribution is -0.274. The Hall–Kier alpha value is -1.27. The fourth-order valence-electron chi connectivity index (χ4n) is 2.56. The Bertz CT molecular complexity index is 564. The Labute approximate surface area is 174 Å². The van der Waals surface area contributed by atoms with Gasteiger partial charge in [0.2, 0.25) is 0 Å². The van der Waals surface area contributed by atoms with Crippen molar-refractivity contribution in [2.45, 2.75) is 12.8 Å². The van der Waals surface area contributed by atoms with Gasteiger partial charge in [0.15, 0.2) is 5.96 Å². The summed E-state index contributed by atoms with van der Waals surface area (Å²) in [6.07, 6.45) is -4.00. The van der Waals surface area contributed by atoms with E-state index < -0.39 is 6.36 Å². The smallest absolute Gasteiger partial charge is 0.406 e. The predicted octanol–water partition coefficient (Wildman–Crippen LogP) is 2.24. The largest absolute Gasteiger partial charge is 0.573 e. The lowest BCUT2D eigenvalue weighted by atomic mass is 10.1. The first-order valence-corrected chi connectivity index (χ1v) is 8.55. The van der Waals surface area contributed by atoms with E-state index in [0.717, 1.165) is 45.0 Å². The van der Waals surface area contributed by atoms with Crippen LogP contribution in [0.5, 0.6) is 5.75 Å². The van der Waals surface area contributed by atoms with E-state index >= 15 is 0 Å². The van der Waals surface area contributed by atoms with Gasteiger partial charge >= 0.3 is 6.36 Å². The summed E-state index contributed by atoms with van der Waals surface area (Å²) in [6.45, 7) is 5.77. The van der Waals surface area contributed by atoms with Crippen molar-refractivity contribution >= 4 is 29.9 Å². The molecule has 0 saturated carbocycles. The monoisotopic (exact) mass is 502 g/mol. The summed E-state index contributed by atoms with van der Waals surface area (Å²) in [5, 5.41) is 6.44. The van der Waals surface area contributed by atoms with E-state index in [1.54, 1.807) is 19.2 Å². The van der Waals surface area contributed by atoms with E-state index in [9.17, 15) is 13.2 Å². The zero-order valence-corrected chi connectivity index (χ0v) is 17.5. The van der Waals surface area contributed by atoms with Crippen molar-refractivity contribution in [3.8, 4) is 5.75 Å². The topological polar surface area (TPSA) is 58.1 Å². The van der Waals surface area contributed by atoms with Crippen molar-refractivity contribution < 1.29 is 22.6 Å². The molecule has 6 nitrogen and oxygen atoms in total. The Morgan fingerprint density at radius 3 is 2.37 bits per heavy atom. The first-order chi connectivity index (χ1) is 12.5. The number of ether oxygens (including phenoxy) is 2. The van der Waals surface area contributed by atoms with Crippen LogP contribution in [0, 0.1) is 0 Å². The maximum Gasteiger partial charge on any atom is 0.573 e. The number of alkyl halides is 3. The highest BCUT2D eigenvalue weighted by molar-refractivity contribution is 14.0. The molecular formula is C17H26F3IN4O2. The number of guanidine groups is 1. The van der Waals surface area contributed by atoms with Crippen LogP contribution in [-0.4, -0.2) is 70.2 Å². The van der Waals surface area contributed by atoms with Gasteiger partial charge < -0.3 is 20.1 Å². The summed E-state index contributed by atoms with van der Waals surface area (Å²) in [5.41, 5.74) is 0.913. The van der Waals surface area contributed by atoms with Gasteiger partial charge in [0.05, 0.1) is 13.2 Å². The van der Waals surface area contributed by atoms with Gasteiger partial charge in [-0.3, -0.25) is 9.89 Å². The number of nitrogens with zero attached hydrogens (tertiary/aromatic N) is 2. The maximum atomic E-state index is 12.1. The van der Waals surface area contributed by atoms with Crippen molar-refractivity contribution in [2.24, 2.45) is 4.99 Å². The number of morpholine rings is 1. The van der Waals surface area contributed by atoms with Gasteiger partial charge in [-0.2, -0.15) is 0 Å². The summed E-state index contributed by atoms with van der Waals surface area (Å²) in [5.74, 6) is 0.491. The molecule has 1 aromatic carbocycles. The van der Waals surface area contributed by atoms with Gasteiger partial charge in [0, 0.05) is 39.8 Å². The molecule has 154 valence electrons. The van der Waals surface area contributed by atoms with Crippen LogP contribution in [0.1, 0.15) is 5.56 Å². The maximum absolute atomic E-state index is 12.1. The molecule has 27 heavy (non-hydrogen) atoms. The third-order valence-corrected chi connectivity index (χ3v) is 3.91. The molecular weight excluding hydrogens is 476 g/mol. The number of halogens is 4. The van der Waals surface area contributed by atoms with Crippen molar-refractivity contribution in [1.82, 2.24) is 15.5 Å². The van der Waals surface area contributed by atoms with E-state index in [4.69, 9.17) is 4.74 Å². The molecule has 0 radical (unpaired) electrons. The van der Waals surface area contributed by atoms with Crippen LogP contribution in [0.25, 0.3) is 0 Å². The van der Waals surface area contributed by atoms with E-state index in [2.05, 4.69) is 25.3 Å². The molecule has 0 aliphatic carbocycles. The van der Waals surface area contributed by atoms with Crippen LogP contribution >= 0.6 is 24.0 Å².